The first-order valence-electron chi connectivity index (χ1n) is 6.48. The zero-order chi connectivity index (χ0) is 13.1. The lowest BCUT2D eigenvalue weighted by Gasteiger charge is -2.39. The largest absolute Gasteiger partial charge is 0.337 e. The number of carbonyl (C=O) groups excluding carboxylic acids is 1. The van der Waals surface area contributed by atoms with Gasteiger partial charge in [0.1, 0.15) is 0 Å². The van der Waals surface area contributed by atoms with E-state index >= 15 is 0 Å². The van der Waals surface area contributed by atoms with Crippen LogP contribution in [0.25, 0.3) is 0 Å². The van der Waals surface area contributed by atoms with Crippen molar-refractivity contribution in [1.82, 2.24) is 4.90 Å². The van der Waals surface area contributed by atoms with Crippen LogP contribution in [0.1, 0.15) is 40.5 Å². The third-order valence-electron chi connectivity index (χ3n) is 3.31. The molecule has 1 rings (SSSR count). The van der Waals surface area contributed by atoms with Gasteiger partial charge in [0.15, 0.2) is 0 Å². The van der Waals surface area contributed by atoms with Gasteiger partial charge in [0, 0.05) is 23.9 Å². The summed E-state index contributed by atoms with van der Waals surface area (Å²) >= 11 is 1.72. The minimum Gasteiger partial charge on any atom is -0.337 e. The molecule has 1 amide bonds. The Bertz CT molecular complexity index is 268. The summed E-state index contributed by atoms with van der Waals surface area (Å²) in [5, 5.41) is 0. The van der Waals surface area contributed by atoms with Crippen LogP contribution in [0.5, 0.6) is 0 Å². The summed E-state index contributed by atoms with van der Waals surface area (Å²) in [4.78, 5) is 14.2. The first kappa shape index (κ1) is 18.1. The molecule has 0 bridgehead atoms. The molecule has 5 heteroatoms. The number of piperidine rings is 1. The highest BCUT2D eigenvalue weighted by atomic mass is 35.5. The van der Waals surface area contributed by atoms with Crippen LogP contribution in [0, 0.1) is 5.92 Å². The monoisotopic (exact) mass is 294 g/mol. The molecule has 1 aliphatic heterocycles. The minimum atomic E-state index is 0. The quantitative estimate of drug-likeness (QED) is 0.870. The van der Waals surface area contributed by atoms with Crippen molar-refractivity contribution in [1.29, 1.82) is 0 Å². The number of hydrogen-bond acceptors (Lipinski definition) is 3. The average Bonchev–Trinajstić information content (AvgIpc) is 2.24. The minimum absolute atomic E-state index is 0. The number of carbonyl (C=O) groups is 1. The van der Waals surface area contributed by atoms with Gasteiger partial charge < -0.3 is 10.6 Å². The lowest BCUT2D eigenvalue weighted by Crippen LogP contribution is -2.52. The van der Waals surface area contributed by atoms with Crippen LogP contribution in [0.4, 0.5) is 0 Å². The standard InChI is InChI=1S/C13H26N2OS.ClH/c1-10-6-5-7-15(11(10)8-14)12(16)9-17-13(2,3)4;/h10-11H,5-9,14H2,1-4H3;1H. The summed E-state index contributed by atoms with van der Waals surface area (Å²) in [6.07, 6.45) is 2.31. The number of likely N-dealkylation sites (tertiary alicyclic amines) is 1. The predicted molar refractivity (Wildman–Crippen MR) is 82.4 cm³/mol. The van der Waals surface area contributed by atoms with E-state index < -0.39 is 0 Å². The van der Waals surface area contributed by atoms with Gasteiger partial charge in [-0.3, -0.25) is 4.79 Å². The molecule has 0 aromatic rings. The van der Waals surface area contributed by atoms with Gasteiger partial charge in [0.05, 0.1) is 5.75 Å². The normalized spacial score (nSPS) is 24.6. The maximum Gasteiger partial charge on any atom is 0.232 e. The van der Waals surface area contributed by atoms with Crippen LogP contribution < -0.4 is 5.73 Å². The molecule has 1 fully saturated rings. The van der Waals surface area contributed by atoms with Gasteiger partial charge in [-0.05, 0) is 18.8 Å². The number of thioether (sulfide) groups is 1. The Balaban J connectivity index is 0.00000289. The molecule has 0 aliphatic carbocycles. The zero-order valence-corrected chi connectivity index (χ0v) is 13.6. The molecule has 0 spiro atoms. The van der Waals surface area contributed by atoms with Crippen molar-refractivity contribution < 1.29 is 4.79 Å². The van der Waals surface area contributed by atoms with Crippen molar-refractivity contribution in [3.63, 3.8) is 0 Å². The molecule has 2 unspecified atom stereocenters. The fourth-order valence-corrected chi connectivity index (χ4v) is 3.00. The topological polar surface area (TPSA) is 46.3 Å². The first-order valence-corrected chi connectivity index (χ1v) is 7.47. The Morgan fingerprint density at radius 2 is 2.06 bits per heavy atom. The molecule has 18 heavy (non-hydrogen) atoms. The van der Waals surface area contributed by atoms with E-state index in [0.29, 0.717) is 18.2 Å². The summed E-state index contributed by atoms with van der Waals surface area (Å²) in [6, 6.07) is 0.247. The maximum atomic E-state index is 12.2. The Kier molecular flexibility index (Phi) is 7.64. The van der Waals surface area contributed by atoms with E-state index in [9.17, 15) is 4.79 Å². The van der Waals surface area contributed by atoms with E-state index in [1.54, 1.807) is 11.8 Å². The van der Waals surface area contributed by atoms with E-state index in [2.05, 4.69) is 27.7 Å². The molecule has 2 N–H and O–H groups in total. The van der Waals surface area contributed by atoms with Crippen molar-refractivity contribution in [2.24, 2.45) is 11.7 Å². The van der Waals surface area contributed by atoms with E-state index in [-0.39, 0.29) is 29.1 Å². The molecule has 0 aromatic heterocycles. The Morgan fingerprint density at radius 3 is 2.56 bits per heavy atom. The van der Waals surface area contributed by atoms with Gasteiger partial charge in [-0.25, -0.2) is 0 Å². The lowest BCUT2D eigenvalue weighted by molar-refractivity contribution is -0.133. The predicted octanol–water partition coefficient (Wildman–Crippen LogP) is 2.53. The van der Waals surface area contributed by atoms with Crippen LogP contribution in [-0.4, -0.2) is 40.4 Å². The van der Waals surface area contributed by atoms with Crippen molar-refractivity contribution in [3.05, 3.63) is 0 Å². The molecular weight excluding hydrogens is 268 g/mol. The summed E-state index contributed by atoms with van der Waals surface area (Å²) in [6.45, 7) is 10.1. The van der Waals surface area contributed by atoms with Crippen LogP contribution in [0.15, 0.2) is 0 Å². The third-order valence-corrected chi connectivity index (χ3v) is 4.56. The SMILES string of the molecule is CC1CCCN(C(=O)CSC(C)(C)C)C1CN.Cl. The van der Waals surface area contributed by atoms with E-state index in [1.165, 1.54) is 6.42 Å². The van der Waals surface area contributed by atoms with Crippen LogP contribution >= 0.6 is 24.2 Å². The number of rotatable bonds is 3. The van der Waals surface area contributed by atoms with Crippen LogP contribution in [0.3, 0.4) is 0 Å². The van der Waals surface area contributed by atoms with Gasteiger partial charge in [-0.15, -0.1) is 24.2 Å². The fraction of sp³-hybridized carbons (Fsp3) is 0.923. The summed E-state index contributed by atoms with van der Waals surface area (Å²) in [7, 11) is 0. The van der Waals surface area contributed by atoms with E-state index in [0.717, 1.165) is 13.0 Å². The van der Waals surface area contributed by atoms with Gasteiger partial charge in [-0.1, -0.05) is 27.7 Å². The van der Waals surface area contributed by atoms with Gasteiger partial charge in [0.25, 0.3) is 0 Å². The third kappa shape index (κ3) is 5.37. The molecule has 108 valence electrons. The smallest absolute Gasteiger partial charge is 0.232 e. The Labute approximate surface area is 122 Å². The molecule has 2 atom stereocenters. The zero-order valence-electron chi connectivity index (χ0n) is 11.9. The summed E-state index contributed by atoms with van der Waals surface area (Å²) < 4.78 is 0.148. The second-order valence-corrected chi connectivity index (χ2v) is 7.71. The van der Waals surface area contributed by atoms with Crippen molar-refractivity contribution in [2.75, 3.05) is 18.8 Å². The fourth-order valence-electron chi connectivity index (χ4n) is 2.28. The number of halogens is 1. The Morgan fingerprint density at radius 1 is 1.44 bits per heavy atom. The Hall–Kier alpha value is 0.0700. The molecule has 1 saturated heterocycles. The first-order chi connectivity index (χ1) is 7.85. The van der Waals surface area contributed by atoms with Crippen molar-refractivity contribution in [2.45, 2.75) is 51.3 Å². The molecular formula is C13H27ClN2OS. The number of amides is 1. The van der Waals surface area contributed by atoms with Crippen molar-refractivity contribution in [3.8, 4) is 0 Å². The molecule has 0 radical (unpaired) electrons. The number of hydrogen-bond donors (Lipinski definition) is 1. The maximum absolute atomic E-state index is 12.2. The van der Waals surface area contributed by atoms with Crippen molar-refractivity contribution >= 4 is 30.1 Å². The van der Waals surface area contributed by atoms with E-state index in [4.69, 9.17) is 5.73 Å². The molecule has 1 aliphatic rings. The second-order valence-electron chi connectivity index (χ2n) is 5.91. The highest BCUT2D eigenvalue weighted by Crippen LogP contribution is 2.26. The summed E-state index contributed by atoms with van der Waals surface area (Å²) in [5.41, 5.74) is 5.80. The molecule has 0 aromatic carbocycles. The van der Waals surface area contributed by atoms with E-state index in [1.807, 2.05) is 4.90 Å². The molecule has 1 heterocycles. The number of nitrogens with two attached hydrogens (primary N) is 1. The van der Waals surface area contributed by atoms with Crippen LogP contribution in [-0.2, 0) is 4.79 Å². The van der Waals surface area contributed by atoms with Crippen LogP contribution in [0.2, 0.25) is 0 Å². The van der Waals surface area contributed by atoms with Gasteiger partial charge in [0.2, 0.25) is 5.91 Å². The summed E-state index contributed by atoms with van der Waals surface area (Å²) in [5.74, 6) is 1.37. The number of nitrogens with zero attached hydrogens (tertiary/aromatic N) is 1. The highest BCUT2D eigenvalue weighted by Gasteiger charge is 2.31. The lowest BCUT2D eigenvalue weighted by atomic mass is 9.91. The highest BCUT2D eigenvalue weighted by molar-refractivity contribution is 8.01. The van der Waals surface area contributed by atoms with Gasteiger partial charge >= 0.3 is 0 Å². The second kappa shape index (κ2) is 7.61. The molecule has 0 saturated carbocycles. The average molecular weight is 295 g/mol. The van der Waals surface area contributed by atoms with Gasteiger partial charge in [-0.2, -0.15) is 0 Å². The molecule has 3 nitrogen and oxygen atoms in total.